The van der Waals surface area contributed by atoms with Gasteiger partial charge in [0.05, 0.1) is 12.0 Å². The summed E-state index contributed by atoms with van der Waals surface area (Å²) in [7, 11) is 2.05. The van der Waals surface area contributed by atoms with Gasteiger partial charge in [-0.2, -0.15) is 0 Å². The number of piperazine rings is 1. The van der Waals surface area contributed by atoms with Crippen LogP contribution >= 0.6 is 0 Å². The van der Waals surface area contributed by atoms with Gasteiger partial charge in [0, 0.05) is 45.5 Å². The van der Waals surface area contributed by atoms with E-state index in [1.54, 1.807) is 0 Å². The number of amides is 1. The molecule has 1 N–H and O–H groups in total. The molecule has 2 atom stereocenters. The van der Waals surface area contributed by atoms with Gasteiger partial charge >= 0.3 is 0 Å². The largest absolute Gasteiger partial charge is 0.341 e. The van der Waals surface area contributed by atoms with E-state index in [1.165, 1.54) is 6.42 Å². The average Bonchev–Trinajstić information content (AvgIpc) is 2.92. The molecular weight excluding hydrogens is 278 g/mol. The SMILES string of the molecule is Cc1cn(C[C@@H]2CCCN(C(=O)[C@@H]3CNCCN3C)C2)cn1. The Morgan fingerprint density at radius 3 is 3.05 bits per heavy atom. The fourth-order valence-electron chi connectivity index (χ4n) is 3.58. The Kier molecular flexibility index (Phi) is 4.78. The molecule has 2 aliphatic heterocycles. The lowest BCUT2D eigenvalue weighted by Crippen LogP contribution is -2.58. The molecule has 0 spiro atoms. The van der Waals surface area contributed by atoms with Crippen LogP contribution in [0.5, 0.6) is 0 Å². The molecule has 1 aromatic heterocycles. The molecule has 0 aromatic carbocycles. The van der Waals surface area contributed by atoms with E-state index in [0.29, 0.717) is 11.8 Å². The van der Waals surface area contributed by atoms with Crippen molar-refractivity contribution in [2.75, 3.05) is 39.8 Å². The van der Waals surface area contributed by atoms with Gasteiger partial charge in [0.2, 0.25) is 5.91 Å². The van der Waals surface area contributed by atoms with Gasteiger partial charge in [-0.25, -0.2) is 4.98 Å². The van der Waals surface area contributed by atoms with Gasteiger partial charge in [0.15, 0.2) is 0 Å². The first kappa shape index (κ1) is 15.5. The third-order valence-corrected chi connectivity index (χ3v) is 4.86. The first-order valence-corrected chi connectivity index (χ1v) is 8.31. The minimum Gasteiger partial charge on any atom is -0.341 e. The molecule has 0 saturated carbocycles. The number of carbonyl (C=O) groups excluding carboxylic acids is 1. The monoisotopic (exact) mass is 305 g/mol. The number of piperidine rings is 1. The molecular formula is C16H27N5O. The number of hydrogen-bond acceptors (Lipinski definition) is 4. The smallest absolute Gasteiger partial charge is 0.241 e. The van der Waals surface area contributed by atoms with Crippen LogP contribution in [0.3, 0.4) is 0 Å². The number of nitrogens with one attached hydrogen (secondary N) is 1. The zero-order valence-electron chi connectivity index (χ0n) is 13.7. The summed E-state index contributed by atoms with van der Waals surface area (Å²) < 4.78 is 2.16. The van der Waals surface area contributed by atoms with Gasteiger partial charge in [0.25, 0.3) is 0 Å². The van der Waals surface area contributed by atoms with E-state index >= 15 is 0 Å². The first-order valence-electron chi connectivity index (χ1n) is 8.31. The molecule has 0 radical (unpaired) electrons. The molecule has 2 aliphatic rings. The first-order chi connectivity index (χ1) is 10.6. The van der Waals surface area contributed by atoms with Crippen molar-refractivity contribution in [1.82, 2.24) is 24.7 Å². The molecule has 1 amide bonds. The molecule has 0 unspecified atom stereocenters. The van der Waals surface area contributed by atoms with Gasteiger partial charge < -0.3 is 14.8 Å². The summed E-state index contributed by atoms with van der Waals surface area (Å²) in [6.45, 7) is 7.45. The van der Waals surface area contributed by atoms with Crippen LogP contribution in [0, 0.1) is 12.8 Å². The average molecular weight is 305 g/mol. The quantitative estimate of drug-likeness (QED) is 0.875. The van der Waals surface area contributed by atoms with Gasteiger partial charge in [-0.1, -0.05) is 0 Å². The normalized spacial score (nSPS) is 27.1. The van der Waals surface area contributed by atoms with Crippen LogP contribution in [0.1, 0.15) is 18.5 Å². The number of aromatic nitrogens is 2. The van der Waals surface area contributed by atoms with Gasteiger partial charge in [-0.3, -0.25) is 9.69 Å². The minimum absolute atomic E-state index is 0.00277. The van der Waals surface area contributed by atoms with E-state index in [0.717, 1.165) is 51.4 Å². The topological polar surface area (TPSA) is 53.4 Å². The van der Waals surface area contributed by atoms with Crippen molar-refractivity contribution >= 4 is 5.91 Å². The van der Waals surface area contributed by atoms with E-state index < -0.39 is 0 Å². The number of hydrogen-bond donors (Lipinski definition) is 1. The highest BCUT2D eigenvalue weighted by Gasteiger charge is 2.32. The second-order valence-electron chi connectivity index (χ2n) is 6.70. The molecule has 0 bridgehead atoms. The maximum absolute atomic E-state index is 12.8. The summed E-state index contributed by atoms with van der Waals surface area (Å²) in [4.78, 5) is 21.3. The Morgan fingerprint density at radius 2 is 2.32 bits per heavy atom. The maximum atomic E-state index is 12.8. The van der Waals surface area contributed by atoms with Crippen LogP contribution in [0.4, 0.5) is 0 Å². The fourth-order valence-corrected chi connectivity index (χ4v) is 3.58. The number of likely N-dealkylation sites (N-methyl/N-ethyl adjacent to an activating group) is 1. The van der Waals surface area contributed by atoms with Crippen LogP contribution in [0.25, 0.3) is 0 Å². The summed E-state index contributed by atoms with van der Waals surface area (Å²) in [5, 5.41) is 3.34. The van der Waals surface area contributed by atoms with Crippen LogP contribution in [-0.2, 0) is 11.3 Å². The van der Waals surface area contributed by atoms with E-state index in [9.17, 15) is 4.79 Å². The minimum atomic E-state index is 0.00277. The summed E-state index contributed by atoms with van der Waals surface area (Å²) in [5.74, 6) is 0.828. The lowest BCUT2D eigenvalue weighted by Gasteiger charge is -2.39. The number of likely N-dealkylation sites (tertiary alicyclic amines) is 1. The van der Waals surface area contributed by atoms with Crippen LogP contribution < -0.4 is 5.32 Å². The van der Waals surface area contributed by atoms with Crippen LogP contribution in [0.2, 0.25) is 0 Å². The highest BCUT2D eigenvalue weighted by atomic mass is 16.2. The van der Waals surface area contributed by atoms with Crippen molar-refractivity contribution in [1.29, 1.82) is 0 Å². The molecule has 0 aliphatic carbocycles. The van der Waals surface area contributed by atoms with Gasteiger partial charge in [-0.05, 0) is 32.7 Å². The maximum Gasteiger partial charge on any atom is 0.241 e. The summed E-state index contributed by atoms with van der Waals surface area (Å²) in [6, 6.07) is 0.00277. The van der Waals surface area contributed by atoms with Crippen molar-refractivity contribution in [2.45, 2.75) is 32.4 Å². The second kappa shape index (κ2) is 6.79. The van der Waals surface area contributed by atoms with E-state index in [4.69, 9.17) is 0 Å². The second-order valence-corrected chi connectivity index (χ2v) is 6.70. The summed E-state index contributed by atoms with van der Waals surface area (Å²) in [6.07, 6.45) is 6.28. The van der Waals surface area contributed by atoms with E-state index in [2.05, 4.69) is 37.9 Å². The Morgan fingerprint density at radius 1 is 1.45 bits per heavy atom. The Bertz CT molecular complexity index is 514. The molecule has 122 valence electrons. The predicted octanol–water partition coefficient (Wildman–Crippen LogP) is 0.334. The number of imidazole rings is 1. The number of nitrogens with zero attached hydrogens (tertiary/aromatic N) is 4. The van der Waals surface area contributed by atoms with Crippen molar-refractivity contribution < 1.29 is 4.79 Å². The molecule has 1 aromatic rings. The molecule has 3 heterocycles. The lowest BCUT2D eigenvalue weighted by molar-refractivity contribution is -0.139. The zero-order valence-corrected chi connectivity index (χ0v) is 13.7. The highest BCUT2D eigenvalue weighted by molar-refractivity contribution is 5.82. The molecule has 3 rings (SSSR count). The molecule has 6 nitrogen and oxygen atoms in total. The molecule has 2 fully saturated rings. The standard InChI is InChI=1S/C16H27N5O/c1-13-9-20(12-18-13)10-14-4-3-6-21(11-14)16(22)15-8-17-5-7-19(15)2/h9,12,14-15,17H,3-8,10-11H2,1-2H3/t14-,15-/m0/s1. The molecule has 6 heteroatoms. The third kappa shape index (κ3) is 3.50. The van der Waals surface area contributed by atoms with Crippen LogP contribution in [0.15, 0.2) is 12.5 Å². The number of rotatable bonds is 3. The molecule has 2 saturated heterocycles. The fraction of sp³-hybridized carbons (Fsp3) is 0.750. The number of aryl methyl sites for hydroxylation is 1. The van der Waals surface area contributed by atoms with E-state index in [1.807, 2.05) is 13.3 Å². The molecule has 22 heavy (non-hydrogen) atoms. The highest BCUT2D eigenvalue weighted by Crippen LogP contribution is 2.20. The van der Waals surface area contributed by atoms with Gasteiger partial charge in [-0.15, -0.1) is 0 Å². The van der Waals surface area contributed by atoms with Crippen molar-refractivity contribution in [3.05, 3.63) is 18.2 Å². The van der Waals surface area contributed by atoms with Crippen molar-refractivity contribution in [2.24, 2.45) is 5.92 Å². The van der Waals surface area contributed by atoms with Crippen LogP contribution in [-0.4, -0.2) is 71.1 Å². The summed E-state index contributed by atoms with van der Waals surface area (Å²) >= 11 is 0. The Hall–Kier alpha value is -1.40. The predicted molar refractivity (Wildman–Crippen MR) is 85.6 cm³/mol. The Labute approximate surface area is 132 Å². The zero-order chi connectivity index (χ0) is 15.5. The lowest BCUT2D eigenvalue weighted by atomic mass is 9.97. The van der Waals surface area contributed by atoms with Gasteiger partial charge in [0.1, 0.15) is 6.04 Å². The summed E-state index contributed by atoms with van der Waals surface area (Å²) in [5.41, 5.74) is 1.05. The third-order valence-electron chi connectivity index (χ3n) is 4.86. The Balaban J connectivity index is 1.58. The van der Waals surface area contributed by atoms with Crippen molar-refractivity contribution in [3.63, 3.8) is 0 Å². The number of carbonyl (C=O) groups is 1. The van der Waals surface area contributed by atoms with E-state index in [-0.39, 0.29) is 6.04 Å². The van der Waals surface area contributed by atoms with Crippen molar-refractivity contribution in [3.8, 4) is 0 Å².